The van der Waals surface area contributed by atoms with E-state index in [0.717, 1.165) is 6.42 Å². The van der Waals surface area contributed by atoms with E-state index < -0.39 is 5.41 Å². The molecule has 0 N–H and O–H groups in total. The monoisotopic (exact) mass is 204 g/mol. The number of ether oxygens (including phenoxy) is 3. The summed E-state index contributed by atoms with van der Waals surface area (Å²) in [4.78, 5) is 11.4. The first-order valence-corrected chi connectivity index (χ1v) is 4.75. The lowest BCUT2D eigenvalue weighted by Crippen LogP contribution is -2.30. The van der Waals surface area contributed by atoms with Gasteiger partial charge in [0.2, 0.25) is 0 Å². The van der Waals surface area contributed by atoms with Crippen molar-refractivity contribution in [2.45, 2.75) is 26.7 Å². The molecule has 0 rings (SSSR count). The van der Waals surface area contributed by atoms with Crippen LogP contribution in [0.15, 0.2) is 0 Å². The summed E-state index contributed by atoms with van der Waals surface area (Å²) in [6.45, 7) is 4.62. The molecule has 0 fully saturated rings. The van der Waals surface area contributed by atoms with Gasteiger partial charge in [-0.3, -0.25) is 4.79 Å². The summed E-state index contributed by atoms with van der Waals surface area (Å²) in [5, 5.41) is 0. The molecular weight excluding hydrogens is 184 g/mol. The predicted molar refractivity (Wildman–Crippen MR) is 52.9 cm³/mol. The number of hydrogen-bond acceptors (Lipinski definition) is 4. The zero-order valence-electron chi connectivity index (χ0n) is 9.46. The molecule has 4 nitrogen and oxygen atoms in total. The molecule has 0 aliphatic heterocycles. The Hall–Kier alpha value is -0.610. The van der Waals surface area contributed by atoms with Gasteiger partial charge in [0.05, 0.1) is 19.1 Å². The Labute approximate surface area is 85.5 Å². The highest BCUT2D eigenvalue weighted by Crippen LogP contribution is 2.27. The largest absolute Gasteiger partial charge is 0.469 e. The molecule has 1 atom stereocenters. The molecule has 84 valence electrons. The van der Waals surface area contributed by atoms with E-state index in [2.05, 4.69) is 0 Å². The fourth-order valence-corrected chi connectivity index (χ4v) is 1.11. The third kappa shape index (κ3) is 4.07. The highest BCUT2D eigenvalue weighted by molar-refractivity contribution is 5.76. The van der Waals surface area contributed by atoms with E-state index in [1.807, 2.05) is 13.8 Å². The Morgan fingerprint density at radius 3 is 2.43 bits per heavy atom. The fourth-order valence-electron chi connectivity index (χ4n) is 1.11. The molecule has 0 saturated carbocycles. The van der Waals surface area contributed by atoms with Gasteiger partial charge < -0.3 is 14.2 Å². The number of methoxy groups -OCH3 is 2. The highest BCUT2D eigenvalue weighted by Gasteiger charge is 2.31. The van der Waals surface area contributed by atoms with E-state index in [1.165, 1.54) is 7.11 Å². The SMILES string of the molecule is CCC(C)(CCOCOC)C(=O)OC. The molecule has 0 aromatic heterocycles. The minimum absolute atomic E-state index is 0.180. The van der Waals surface area contributed by atoms with Gasteiger partial charge in [-0.15, -0.1) is 0 Å². The van der Waals surface area contributed by atoms with E-state index in [9.17, 15) is 4.79 Å². The normalized spacial score (nSPS) is 14.9. The second-order valence-corrected chi connectivity index (χ2v) is 3.47. The van der Waals surface area contributed by atoms with Crippen molar-refractivity contribution in [2.75, 3.05) is 27.6 Å². The molecule has 0 heterocycles. The van der Waals surface area contributed by atoms with Crippen LogP contribution in [0.4, 0.5) is 0 Å². The average molecular weight is 204 g/mol. The maximum atomic E-state index is 11.4. The third-order valence-electron chi connectivity index (χ3n) is 2.46. The van der Waals surface area contributed by atoms with Crippen molar-refractivity contribution in [3.8, 4) is 0 Å². The zero-order chi connectivity index (χ0) is 11.0. The standard InChI is InChI=1S/C10H20O4/c1-5-10(2,9(11)13-4)6-7-14-8-12-3/h5-8H2,1-4H3. The lowest BCUT2D eigenvalue weighted by atomic mass is 9.84. The first-order chi connectivity index (χ1) is 6.60. The Morgan fingerprint density at radius 2 is 2.00 bits per heavy atom. The van der Waals surface area contributed by atoms with Gasteiger partial charge in [0.15, 0.2) is 0 Å². The molecule has 0 aromatic carbocycles. The summed E-state index contributed by atoms with van der Waals surface area (Å²) < 4.78 is 14.6. The summed E-state index contributed by atoms with van der Waals surface area (Å²) in [5.41, 5.74) is -0.442. The number of carbonyl (C=O) groups is 1. The quantitative estimate of drug-likeness (QED) is 0.359. The van der Waals surface area contributed by atoms with Crippen LogP contribution in [0.5, 0.6) is 0 Å². The Bertz CT molecular complexity index is 170. The Kier molecular flexibility index (Phi) is 6.49. The maximum Gasteiger partial charge on any atom is 0.311 e. The molecule has 14 heavy (non-hydrogen) atoms. The minimum Gasteiger partial charge on any atom is -0.469 e. The molecular formula is C10H20O4. The summed E-state index contributed by atoms with van der Waals surface area (Å²) in [6, 6.07) is 0. The molecule has 0 radical (unpaired) electrons. The van der Waals surface area contributed by atoms with Gasteiger partial charge in [-0.25, -0.2) is 0 Å². The van der Waals surface area contributed by atoms with Crippen LogP contribution in [0.1, 0.15) is 26.7 Å². The van der Waals surface area contributed by atoms with Crippen molar-refractivity contribution in [1.29, 1.82) is 0 Å². The topological polar surface area (TPSA) is 44.8 Å². The van der Waals surface area contributed by atoms with Crippen molar-refractivity contribution in [1.82, 2.24) is 0 Å². The van der Waals surface area contributed by atoms with Crippen LogP contribution in [0.25, 0.3) is 0 Å². The van der Waals surface area contributed by atoms with Crippen LogP contribution >= 0.6 is 0 Å². The van der Waals surface area contributed by atoms with Gasteiger partial charge in [0, 0.05) is 7.11 Å². The molecule has 0 spiro atoms. The van der Waals surface area contributed by atoms with Crippen LogP contribution < -0.4 is 0 Å². The van der Waals surface area contributed by atoms with E-state index in [4.69, 9.17) is 14.2 Å². The van der Waals surface area contributed by atoms with Crippen molar-refractivity contribution in [3.63, 3.8) is 0 Å². The lowest BCUT2D eigenvalue weighted by molar-refractivity contribution is -0.153. The van der Waals surface area contributed by atoms with E-state index in [-0.39, 0.29) is 12.8 Å². The van der Waals surface area contributed by atoms with Gasteiger partial charge >= 0.3 is 5.97 Å². The molecule has 0 aliphatic carbocycles. The van der Waals surface area contributed by atoms with Gasteiger partial charge in [-0.05, 0) is 19.8 Å². The zero-order valence-corrected chi connectivity index (χ0v) is 9.46. The molecule has 4 heteroatoms. The van der Waals surface area contributed by atoms with Crippen molar-refractivity contribution >= 4 is 5.97 Å². The van der Waals surface area contributed by atoms with E-state index in [0.29, 0.717) is 13.0 Å². The number of esters is 1. The lowest BCUT2D eigenvalue weighted by Gasteiger charge is -2.24. The molecule has 1 unspecified atom stereocenters. The second kappa shape index (κ2) is 6.79. The van der Waals surface area contributed by atoms with Crippen LogP contribution in [0.2, 0.25) is 0 Å². The van der Waals surface area contributed by atoms with Crippen molar-refractivity contribution in [3.05, 3.63) is 0 Å². The molecule has 0 aromatic rings. The average Bonchev–Trinajstić information content (AvgIpc) is 2.22. The second-order valence-electron chi connectivity index (χ2n) is 3.47. The Balaban J connectivity index is 3.93. The minimum atomic E-state index is -0.442. The van der Waals surface area contributed by atoms with Gasteiger partial charge in [-0.2, -0.15) is 0 Å². The van der Waals surface area contributed by atoms with E-state index in [1.54, 1.807) is 7.11 Å². The highest BCUT2D eigenvalue weighted by atomic mass is 16.7. The van der Waals surface area contributed by atoms with Crippen LogP contribution in [0.3, 0.4) is 0 Å². The maximum absolute atomic E-state index is 11.4. The van der Waals surface area contributed by atoms with Crippen LogP contribution in [-0.4, -0.2) is 33.6 Å². The van der Waals surface area contributed by atoms with Gasteiger partial charge in [0.1, 0.15) is 6.79 Å². The summed E-state index contributed by atoms with van der Waals surface area (Å²) in [7, 11) is 2.98. The number of carbonyl (C=O) groups excluding carboxylic acids is 1. The van der Waals surface area contributed by atoms with Crippen molar-refractivity contribution in [2.24, 2.45) is 5.41 Å². The predicted octanol–water partition coefficient (Wildman–Crippen LogP) is 1.59. The number of hydrogen-bond donors (Lipinski definition) is 0. The molecule has 0 bridgehead atoms. The van der Waals surface area contributed by atoms with Crippen LogP contribution in [-0.2, 0) is 19.0 Å². The molecule has 0 amide bonds. The summed E-state index contributed by atoms with van der Waals surface area (Å²) >= 11 is 0. The smallest absolute Gasteiger partial charge is 0.311 e. The Morgan fingerprint density at radius 1 is 1.36 bits per heavy atom. The first-order valence-electron chi connectivity index (χ1n) is 4.75. The summed E-state index contributed by atoms with van der Waals surface area (Å²) in [6.07, 6.45) is 1.40. The van der Waals surface area contributed by atoms with E-state index >= 15 is 0 Å². The summed E-state index contributed by atoms with van der Waals surface area (Å²) in [5.74, 6) is -0.180. The van der Waals surface area contributed by atoms with Crippen LogP contribution in [0, 0.1) is 5.41 Å². The third-order valence-corrected chi connectivity index (χ3v) is 2.46. The molecule has 0 saturated heterocycles. The van der Waals surface area contributed by atoms with Gasteiger partial charge in [0.25, 0.3) is 0 Å². The fraction of sp³-hybridized carbons (Fsp3) is 0.900. The number of rotatable bonds is 7. The first kappa shape index (κ1) is 13.4. The van der Waals surface area contributed by atoms with Crippen molar-refractivity contribution < 1.29 is 19.0 Å². The molecule has 0 aliphatic rings. The van der Waals surface area contributed by atoms with Gasteiger partial charge in [-0.1, -0.05) is 6.92 Å².